The molecule has 1 saturated carbocycles. The van der Waals surface area contributed by atoms with Crippen molar-refractivity contribution in [2.24, 2.45) is 11.3 Å². The van der Waals surface area contributed by atoms with Crippen molar-refractivity contribution in [3.05, 3.63) is 21.9 Å². The smallest absolute Gasteiger partial charge is 0.129 e. The first kappa shape index (κ1) is 9.84. The van der Waals surface area contributed by atoms with Gasteiger partial charge >= 0.3 is 0 Å². The van der Waals surface area contributed by atoms with Crippen LogP contribution in [0.5, 0.6) is 0 Å². The van der Waals surface area contributed by atoms with E-state index in [4.69, 9.17) is 0 Å². The molecule has 0 radical (unpaired) electrons. The van der Waals surface area contributed by atoms with Crippen molar-refractivity contribution in [3.8, 4) is 0 Å². The molecule has 1 aromatic rings. The second-order valence-electron chi connectivity index (χ2n) is 4.63. The predicted molar refractivity (Wildman–Crippen MR) is 66.8 cm³/mol. The third kappa shape index (κ3) is 1.54. The third-order valence-electron chi connectivity index (χ3n) is 3.65. The van der Waals surface area contributed by atoms with Crippen LogP contribution in [0.3, 0.4) is 0 Å². The molecule has 1 aliphatic heterocycles. The Balaban J connectivity index is 1.81. The lowest BCUT2D eigenvalue weighted by atomic mass is 10.1. The van der Waals surface area contributed by atoms with Gasteiger partial charge in [-0.3, -0.25) is 0 Å². The molecule has 0 bridgehead atoms. The highest BCUT2D eigenvalue weighted by molar-refractivity contribution is 14.1. The molecule has 2 fully saturated rings. The SMILES string of the molecule is OCC12CC1CN(c1cc(I)ccn1)C2. The van der Waals surface area contributed by atoms with Gasteiger partial charge in [0.1, 0.15) is 5.82 Å². The zero-order valence-electron chi connectivity index (χ0n) is 8.36. The van der Waals surface area contributed by atoms with Gasteiger partial charge in [0.25, 0.3) is 0 Å². The van der Waals surface area contributed by atoms with Gasteiger partial charge in [-0.15, -0.1) is 0 Å². The van der Waals surface area contributed by atoms with Crippen LogP contribution >= 0.6 is 22.6 Å². The summed E-state index contributed by atoms with van der Waals surface area (Å²) in [7, 11) is 0. The van der Waals surface area contributed by atoms with Gasteiger partial charge in [0.05, 0.1) is 6.61 Å². The summed E-state index contributed by atoms with van der Waals surface area (Å²) in [5.74, 6) is 1.75. The number of pyridine rings is 1. The maximum atomic E-state index is 9.34. The molecular formula is C11H13IN2O. The van der Waals surface area contributed by atoms with Crippen LogP contribution in [-0.4, -0.2) is 29.8 Å². The molecule has 0 spiro atoms. The molecule has 3 nitrogen and oxygen atoms in total. The van der Waals surface area contributed by atoms with E-state index in [9.17, 15) is 5.11 Å². The Labute approximate surface area is 103 Å². The zero-order valence-corrected chi connectivity index (χ0v) is 10.5. The van der Waals surface area contributed by atoms with Crippen LogP contribution in [0, 0.1) is 14.9 Å². The Hall–Kier alpha value is -0.360. The van der Waals surface area contributed by atoms with E-state index in [-0.39, 0.29) is 5.41 Å². The zero-order chi connectivity index (χ0) is 10.5. The maximum Gasteiger partial charge on any atom is 0.129 e. The van der Waals surface area contributed by atoms with Gasteiger partial charge in [0.2, 0.25) is 0 Å². The molecule has 2 heterocycles. The van der Waals surface area contributed by atoms with E-state index in [0.717, 1.165) is 18.9 Å². The molecular weight excluding hydrogens is 303 g/mol. The molecule has 0 aromatic carbocycles. The molecule has 1 aliphatic carbocycles. The van der Waals surface area contributed by atoms with E-state index in [2.05, 4.69) is 38.5 Å². The Morgan fingerprint density at radius 3 is 3.20 bits per heavy atom. The molecule has 1 saturated heterocycles. The third-order valence-corrected chi connectivity index (χ3v) is 4.32. The molecule has 3 rings (SSSR count). The number of aliphatic hydroxyl groups is 1. The van der Waals surface area contributed by atoms with Crippen molar-refractivity contribution in [3.63, 3.8) is 0 Å². The Kier molecular flexibility index (Phi) is 2.17. The number of anilines is 1. The summed E-state index contributed by atoms with van der Waals surface area (Å²) in [6.07, 6.45) is 3.05. The van der Waals surface area contributed by atoms with Crippen LogP contribution in [0.1, 0.15) is 6.42 Å². The number of halogens is 1. The number of hydrogen-bond donors (Lipinski definition) is 1. The standard InChI is InChI=1S/C11H13IN2O/c12-9-1-2-13-10(3-9)14-5-8-4-11(8,6-14)7-15/h1-3,8,15H,4-7H2. The highest BCUT2D eigenvalue weighted by Gasteiger charge is 2.59. The average molecular weight is 316 g/mol. The number of rotatable bonds is 2. The van der Waals surface area contributed by atoms with Crippen molar-refractivity contribution in [2.75, 3.05) is 24.6 Å². The molecule has 1 aromatic heterocycles. The largest absolute Gasteiger partial charge is 0.396 e. The van der Waals surface area contributed by atoms with Crippen molar-refractivity contribution in [2.45, 2.75) is 6.42 Å². The second kappa shape index (κ2) is 3.31. The van der Waals surface area contributed by atoms with Crippen LogP contribution in [0.2, 0.25) is 0 Å². The minimum Gasteiger partial charge on any atom is -0.396 e. The number of piperidine rings is 1. The Morgan fingerprint density at radius 1 is 1.67 bits per heavy atom. The summed E-state index contributed by atoms with van der Waals surface area (Å²) in [5, 5.41) is 9.34. The first-order chi connectivity index (χ1) is 7.23. The summed E-state index contributed by atoms with van der Waals surface area (Å²) in [6, 6.07) is 4.11. The van der Waals surface area contributed by atoms with Gasteiger partial charge in [0, 0.05) is 28.3 Å². The lowest BCUT2D eigenvalue weighted by molar-refractivity contribution is 0.216. The van der Waals surface area contributed by atoms with Crippen molar-refractivity contribution in [1.29, 1.82) is 0 Å². The van der Waals surface area contributed by atoms with Gasteiger partial charge in [0.15, 0.2) is 0 Å². The highest BCUT2D eigenvalue weighted by atomic mass is 127. The highest BCUT2D eigenvalue weighted by Crippen LogP contribution is 2.57. The maximum absolute atomic E-state index is 9.34. The van der Waals surface area contributed by atoms with Crippen LogP contribution in [0.25, 0.3) is 0 Å². The molecule has 0 amide bonds. The molecule has 1 N–H and O–H groups in total. The number of hydrogen-bond acceptors (Lipinski definition) is 3. The van der Waals surface area contributed by atoms with Gasteiger partial charge < -0.3 is 10.0 Å². The summed E-state index contributed by atoms with van der Waals surface area (Å²) in [4.78, 5) is 6.68. The summed E-state index contributed by atoms with van der Waals surface area (Å²) < 4.78 is 1.22. The van der Waals surface area contributed by atoms with Crippen molar-refractivity contribution < 1.29 is 5.11 Å². The first-order valence-electron chi connectivity index (χ1n) is 5.21. The van der Waals surface area contributed by atoms with Gasteiger partial charge in [-0.1, -0.05) is 0 Å². The summed E-state index contributed by atoms with van der Waals surface area (Å²) in [5.41, 5.74) is 0.211. The minimum absolute atomic E-state index is 0.211. The molecule has 4 heteroatoms. The fraction of sp³-hybridized carbons (Fsp3) is 0.545. The Morgan fingerprint density at radius 2 is 2.53 bits per heavy atom. The van der Waals surface area contributed by atoms with Crippen LogP contribution in [-0.2, 0) is 0 Å². The lowest BCUT2D eigenvalue weighted by Gasteiger charge is -2.21. The van der Waals surface area contributed by atoms with Crippen LogP contribution < -0.4 is 4.90 Å². The predicted octanol–water partition coefficient (Wildman–Crippen LogP) is 1.50. The van der Waals surface area contributed by atoms with Crippen molar-refractivity contribution in [1.82, 2.24) is 4.98 Å². The van der Waals surface area contributed by atoms with Crippen LogP contribution in [0.15, 0.2) is 18.3 Å². The summed E-state index contributed by atoms with van der Waals surface area (Å²) in [6.45, 7) is 2.37. The summed E-state index contributed by atoms with van der Waals surface area (Å²) >= 11 is 2.31. The van der Waals surface area contributed by atoms with E-state index in [0.29, 0.717) is 12.5 Å². The molecule has 2 atom stereocenters. The van der Waals surface area contributed by atoms with Crippen molar-refractivity contribution >= 4 is 28.4 Å². The monoisotopic (exact) mass is 316 g/mol. The number of aromatic nitrogens is 1. The fourth-order valence-electron chi connectivity index (χ4n) is 2.58. The topological polar surface area (TPSA) is 36.4 Å². The number of nitrogens with zero attached hydrogens (tertiary/aromatic N) is 2. The molecule has 2 aliphatic rings. The molecule has 2 unspecified atom stereocenters. The van der Waals surface area contributed by atoms with E-state index >= 15 is 0 Å². The van der Waals surface area contributed by atoms with E-state index in [1.807, 2.05) is 12.3 Å². The number of fused-ring (bicyclic) bond motifs is 1. The van der Waals surface area contributed by atoms with E-state index < -0.39 is 0 Å². The fourth-order valence-corrected chi connectivity index (χ4v) is 3.02. The molecule has 80 valence electrons. The lowest BCUT2D eigenvalue weighted by Crippen LogP contribution is -2.26. The van der Waals surface area contributed by atoms with Gasteiger partial charge in [-0.05, 0) is 47.1 Å². The van der Waals surface area contributed by atoms with E-state index in [1.165, 1.54) is 9.99 Å². The van der Waals surface area contributed by atoms with E-state index in [1.54, 1.807) is 0 Å². The Bertz CT molecular complexity index is 394. The van der Waals surface area contributed by atoms with Gasteiger partial charge in [-0.2, -0.15) is 0 Å². The van der Waals surface area contributed by atoms with Gasteiger partial charge in [-0.25, -0.2) is 4.98 Å². The van der Waals surface area contributed by atoms with Crippen LogP contribution in [0.4, 0.5) is 5.82 Å². The quantitative estimate of drug-likeness (QED) is 0.840. The average Bonchev–Trinajstić information content (AvgIpc) is 2.81. The number of aliphatic hydroxyl groups excluding tert-OH is 1. The minimum atomic E-state index is 0.211. The normalized spacial score (nSPS) is 32.9. The first-order valence-corrected chi connectivity index (χ1v) is 6.29. The second-order valence-corrected chi connectivity index (χ2v) is 5.88. The molecule has 15 heavy (non-hydrogen) atoms.